The third-order valence-electron chi connectivity index (χ3n) is 5.19. The lowest BCUT2D eigenvalue weighted by atomic mass is 10.1. The molecule has 26 heavy (non-hydrogen) atoms. The topological polar surface area (TPSA) is 76.0 Å². The summed E-state index contributed by atoms with van der Waals surface area (Å²) in [6, 6.07) is 10.5. The summed E-state index contributed by atoms with van der Waals surface area (Å²) >= 11 is 1.73. The van der Waals surface area contributed by atoms with Crippen molar-refractivity contribution in [3.05, 3.63) is 56.4 Å². The van der Waals surface area contributed by atoms with Gasteiger partial charge in [-0.05, 0) is 31.5 Å². The number of nitriles is 1. The first-order valence-electron chi connectivity index (χ1n) is 8.77. The first kappa shape index (κ1) is 16.9. The molecule has 0 aliphatic carbocycles. The predicted octanol–water partition coefficient (Wildman–Crippen LogP) is 1.72. The maximum atomic E-state index is 12.6. The van der Waals surface area contributed by atoms with Gasteiger partial charge in [0.1, 0.15) is 17.7 Å². The maximum Gasteiger partial charge on any atom is 0.289 e. The summed E-state index contributed by atoms with van der Waals surface area (Å²) in [5.74, 6) is 0. The van der Waals surface area contributed by atoms with Crippen molar-refractivity contribution in [2.45, 2.75) is 39.4 Å². The average molecular weight is 366 g/mol. The molecule has 0 bridgehead atoms. The van der Waals surface area contributed by atoms with E-state index >= 15 is 0 Å². The summed E-state index contributed by atoms with van der Waals surface area (Å²) in [6.45, 7) is 5.06. The highest BCUT2D eigenvalue weighted by molar-refractivity contribution is 7.18. The molecular formula is C19H20N5OS+. The molecule has 4 rings (SSSR count). The van der Waals surface area contributed by atoms with Crippen LogP contribution in [0.4, 0.5) is 0 Å². The number of para-hydroxylation sites is 1. The summed E-state index contributed by atoms with van der Waals surface area (Å²) in [6.07, 6.45) is 2.15. The Morgan fingerprint density at radius 1 is 1.38 bits per heavy atom. The van der Waals surface area contributed by atoms with Crippen molar-refractivity contribution < 1.29 is 4.90 Å². The second kappa shape index (κ2) is 6.63. The molecule has 1 fully saturated rings. The molecule has 1 N–H and O–H groups in total. The van der Waals surface area contributed by atoms with E-state index in [4.69, 9.17) is 4.98 Å². The van der Waals surface area contributed by atoms with Crippen LogP contribution in [0.2, 0.25) is 0 Å². The molecule has 0 saturated carbocycles. The average Bonchev–Trinajstić information content (AvgIpc) is 3.26. The lowest BCUT2D eigenvalue weighted by molar-refractivity contribution is -0.941. The van der Waals surface area contributed by atoms with E-state index in [2.05, 4.69) is 11.2 Å². The van der Waals surface area contributed by atoms with Gasteiger partial charge in [0.05, 0.1) is 22.5 Å². The Hall–Kier alpha value is -2.56. The molecule has 0 amide bonds. The lowest BCUT2D eigenvalue weighted by Gasteiger charge is -2.20. The number of aromatic nitrogens is 3. The minimum atomic E-state index is -0.293. The van der Waals surface area contributed by atoms with E-state index in [1.807, 2.05) is 31.2 Å². The van der Waals surface area contributed by atoms with Crippen molar-refractivity contribution in [1.82, 2.24) is 14.8 Å². The minimum absolute atomic E-state index is 0.202. The minimum Gasteiger partial charge on any atom is -0.308 e. The summed E-state index contributed by atoms with van der Waals surface area (Å²) in [4.78, 5) is 18.7. The van der Waals surface area contributed by atoms with Crippen molar-refractivity contribution in [1.29, 1.82) is 5.26 Å². The Morgan fingerprint density at radius 3 is 2.96 bits per heavy atom. The van der Waals surface area contributed by atoms with E-state index in [0.29, 0.717) is 12.2 Å². The van der Waals surface area contributed by atoms with Crippen molar-refractivity contribution in [3.8, 4) is 6.07 Å². The van der Waals surface area contributed by atoms with E-state index < -0.39 is 0 Å². The largest absolute Gasteiger partial charge is 0.308 e. The molecule has 3 heterocycles. The second-order valence-electron chi connectivity index (χ2n) is 6.78. The molecule has 1 saturated heterocycles. The van der Waals surface area contributed by atoms with Crippen molar-refractivity contribution >= 4 is 21.6 Å². The molecule has 0 spiro atoms. The molecule has 1 aliphatic rings. The van der Waals surface area contributed by atoms with E-state index in [-0.39, 0.29) is 17.2 Å². The molecule has 1 unspecified atom stereocenters. The van der Waals surface area contributed by atoms with Gasteiger partial charge in [-0.2, -0.15) is 15.0 Å². The number of aryl methyl sites for hydroxylation is 1. The molecule has 1 aromatic carbocycles. The van der Waals surface area contributed by atoms with Crippen LogP contribution in [0.5, 0.6) is 0 Å². The van der Waals surface area contributed by atoms with Crippen LogP contribution in [0.25, 0.3) is 10.2 Å². The molecule has 2 atom stereocenters. The Morgan fingerprint density at radius 2 is 2.19 bits per heavy atom. The van der Waals surface area contributed by atoms with Gasteiger partial charge in [-0.3, -0.25) is 4.79 Å². The van der Waals surface area contributed by atoms with Crippen LogP contribution in [0.3, 0.4) is 0 Å². The smallest absolute Gasteiger partial charge is 0.289 e. The van der Waals surface area contributed by atoms with Crippen molar-refractivity contribution in [2.24, 2.45) is 0 Å². The highest BCUT2D eigenvalue weighted by Crippen LogP contribution is 2.28. The molecule has 3 aromatic rings. The fourth-order valence-electron chi connectivity index (χ4n) is 3.64. The van der Waals surface area contributed by atoms with Crippen LogP contribution in [0.15, 0.2) is 29.1 Å². The van der Waals surface area contributed by atoms with E-state index in [1.165, 1.54) is 14.3 Å². The van der Waals surface area contributed by atoms with E-state index in [0.717, 1.165) is 35.6 Å². The summed E-state index contributed by atoms with van der Waals surface area (Å²) in [7, 11) is 0. The molecule has 2 aromatic heterocycles. The number of rotatable bonds is 3. The van der Waals surface area contributed by atoms with Gasteiger partial charge in [0, 0.05) is 12.8 Å². The third-order valence-corrected chi connectivity index (χ3v) is 6.34. The number of hydrogen-bond donors (Lipinski definition) is 1. The molecular weight excluding hydrogens is 346 g/mol. The van der Waals surface area contributed by atoms with Crippen LogP contribution in [0.1, 0.15) is 40.7 Å². The van der Waals surface area contributed by atoms with Crippen LogP contribution in [-0.4, -0.2) is 21.3 Å². The standard InChI is InChI=1S/C19H19N5OS/c1-12-13(2)22-24(19(25)14(12)10-20)11-23-9-5-7-16(23)18-21-15-6-3-4-8-17(15)26-18/h3-4,6,8,16H,5,7,9,11H2,1-2H3/p+1/t16-/m1/s1. The quantitative estimate of drug-likeness (QED) is 0.766. The number of thiazole rings is 1. The first-order valence-corrected chi connectivity index (χ1v) is 9.58. The fraction of sp³-hybridized carbons (Fsp3) is 0.368. The second-order valence-corrected chi connectivity index (χ2v) is 7.85. The zero-order chi connectivity index (χ0) is 18.3. The predicted molar refractivity (Wildman–Crippen MR) is 100 cm³/mol. The Bertz CT molecular complexity index is 1040. The normalized spacial score (nSPS) is 19.7. The SMILES string of the molecule is Cc1nn(C[NH+]2CCC[C@@H]2c2nc3ccccc3s2)c(=O)c(C#N)c1C. The third kappa shape index (κ3) is 2.81. The Balaban J connectivity index is 1.67. The van der Waals surface area contributed by atoms with Crippen LogP contribution >= 0.6 is 11.3 Å². The number of likely N-dealkylation sites (tertiary alicyclic amines) is 1. The van der Waals surface area contributed by atoms with Gasteiger partial charge >= 0.3 is 0 Å². The zero-order valence-electron chi connectivity index (χ0n) is 14.8. The number of benzene rings is 1. The monoisotopic (exact) mass is 366 g/mol. The summed E-state index contributed by atoms with van der Waals surface area (Å²) in [5, 5.41) is 14.9. The van der Waals surface area contributed by atoms with Gasteiger partial charge in [0.2, 0.25) is 0 Å². The lowest BCUT2D eigenvalue weighted by Crippen LogP contribution is -3.10. The Labute approximate surface area is 155 Å². The number of nitrogens with zero attached hydrogens (tertiary/aromatic N) is 4. The summed E-state index contributed by atoms with van der Waals surface area (Å²) < 4.78 is 2.66. The molecule has 1 aliphatic heterocycles. The fourth-order valence-corrected chi connectivity index (χ4v) is 4.80. The number of quaternary nitrogens is 1. The Kier molecular flexibility index (Phi) is 4.31. The number of nitrogens with one attached hydrogen (secondary N) is 1. The highest BCUT2D eigenvalue weighted by atomic mass is 32.1. The van der Waals surface area contributed by atoms with Gasteiger partial charge in [-0.1, -0.05) is 12.1 Å². The van der Waals surface area contributed by atoms with Crippen LogP contribution in [-0.2, 0) is 6.67 Å². The summed E-state index contributed by atoms with van der Waals surface area (Å²) in [5.41, 5.74) is 2.35. The molecule has 132 valence electrons. The number of fused-ring (bicyclic) bond motifs is 1. The van der Waals surface area contributed by atoms with Crippen molar-refractivity contribution in [2.75, 3.05) is 6.54 Å². The van der Waals surface area contributed by atoms with E-state index in [9.17, 15) is 10.1 Å². The number of hydrogen-bond acceptors (Lipinski definition) is 5. The van der Waals surface area contributed by atoms with E-state index in [1.54, 1.807) is 18.3 Å². The highest BCUT2D eigenvalue weighted by Gasteiger charge is 2.33. The van der Waals surface area contributed by atoms with Gasteiger partial charge in [0.15, 0.2) is 11.7 Å². The van der Waals surface area contributed by atoms with Crippen LogP contribution in [0, 0.1) is 25.2 Å². The molecule has 0 radical (unpaired) electrons. The van der Waals surface area contributed by atoms with Gasteiger partial charge < -0.3 is 4.90 Å². The van der Waals surface area contributed by atoms with Crippen LogP contribution < -0.4 is 10.5 Å². The zero-order valence-corrected chi connectivity index (χ0v) is 15.6. The maximum absolute atomic E-state index is 12.6. The first-order chi connectivity index (χ1) is 12.6. The van der Waals surface area contributed by atoms with Gasteiger partial charge in [-0.15, -0.1) is 11.3 Å². The molecule has 6 nitrogen and oxygen atoms in total. The van der Waals surface area contributed by atoms with Gasteiger partial charge in [-0.25, -0.2) is 4.98 Å². The van der Waals surface area contributed by atoms with Gasteiger partial charge in [0.25, 0.3) is 5.56 Å². The van der Waals surface area contributed by atoms with Crippen molar-refractivity contribution in [3.63, 3.8) is 0 Å². The molecule has 7 heteroatoms.